The molecule has 2 fully saturated rings. The van der Waals surface area contributed by atoms with Gasteiger partial charge in [-0.05, 0) is 50.1 Å². The van der Waals surface area contributed by atoms with Gasteiger partial charge in [-0.2, -0.15) is 11.8 Å². The van der Waals surface area contributed by atoms with E-state index < -0.39 is 0 Å². The average molecular weight is 316 g/mol. The highest BCUT2D eigenvalue weighted by molar-refractivity contribution is 7.99. The molecule has 0 radical (unpaired) electrons. The second kappa shape index (κ2) is 6.20. The maximum absolute atomic E-state index is 5.00. The van der Waals surface area contributed by atoms with Gasteiger partial charge >= 0.3 is 0 Å². The number of hydrogen-bond donors (Lipinski definition) is 0. The standard InChI is InChI=1S/C17H24N4S/c1-2-20-10-4-3-7-15(20)21-16(13-8-11-22-12-13)19-14-6-5-9-18-17(14)21/h5-6,9,13,15H,2-4,7-8,10-12H2,1H3. The van der Waals surface area contributed by atoms with Crippen LogP contribution in [0.2, 0.25) is 0 Å². The van der Waals surface area contributed by atoms with Gasteiger partial charge in [-0.3, -0.25) is 9.47 Å². The number of aromatic nitrogens is 3. The van der Waals surface area contributed by atoms with Crippen molar-refractivity contribution in [2.45, 2.75) is 44.7 Å². The summed E-state index contributed by atoms with van der Waals surface area (Å²) in [6, 6.07) is 4.12. The second-order valence-electron chi connectivity index (χ2n) is 6.35. The number of fused-ring (bicyclic) bond motifs is 1. The van der Waals surface area contributed by atoms with E-state index in [0.29, 0.717) is 12.1 Å². The Hall–Kier alpha value is -1.07. The van der Waals surface area contributed by atoms with E-state index in [9.17, 15) is 0 Å². The van der Waals surface area contributed by atoms with E-state index in [1.807, 2.05) is 12.3 Å². The Kier molecular flexibility index (Phi) is 4.09. The largest absolute Gasteiger partial charge is 0.296 e. The third-order valence-electron chi connectivity index (χ3n) is 5.05. The summed E-state index contributed by atoms with van der Waals surface area (Å²) >= 11 is 2.06. The molecule has 4 rings (SSSR count). The molecule has 2 aromatic heterocycles. The monoisotopic (exact) mass is 316 g/mol. The molecule has 0 N–H and O–H groups in total. The Bertz CT molecular complexity index is 647. The molecule has 2 aromatic rings. The zero-order valence-electron chi connectivity index (χ0n) is 13.2. The summed E-state index contributed by atoms with van der Waals surface area (Å²) in [7, 11) is 0. The van der Waals surface area contributed by atoms with Crippen LogP contribution in [-0.4, -0.2) is 44.0 Å². The van der Waals surface area contributed by atoms with E-state index in [0.717, 1.165) is 17.7 Å². The van der Waals surface area contributed by atoms with Crippen LogP contribution >= 0.6 is 11.8 Å². The van der Waals surface area contributed by atoms with E-state index in [1.54, 1.807) is 0 Å². The molecule has 0 amide bonds. The molecule has 0 aliphatic carbocycles. The maximum Gasteiger partial charge on any atom is 0.161 e. The van der Waals surface area contributed by atoms with E-state index >= 15 is 0 Å². The molecule has 0 saturated carbocycles. The lowest BCUT2D eigenvalue weighted by Crippen LogP contribution is -2.37. The van der Waals surface area contributed by atoms with E-state index in [4.69, 9.17) is 4.98 Å². The minimum Gasteiger partial charge on any atom is -0.296 e. The van der Waals surface area contributed by atoms with E-state index in [1.165, 1.54) is 49.6 Å². The smallest absolute Gasteiger partial charge is 0.161 e. The molecule has 4 heterocycles. The molecule has 0 spiro atoms. The first-order valence-electron chi connectivity index (χ1n) is 8.53. The summed E-state index contributed by atoms with van der Waals surface area (Å²) in [5.74, 6) is 4.36. The number of rotatable bonds is 3. The SMILES string of the molecule is CCN1CCCCC1n1c(C2CCSC2)nc2cccnc21. The van der Waals surface area contributed by atoms with Gasteiger partial charge in [-0.25, -0.2) is 9.97 Å². The average Bonchev–Trinajstić information content (AvgIpc) is 3.22. The molecule has 118 valence electrons. The predicted molar refractivity (Wildman–Crippen MR) is 92.3 cm³/mol. The van der Waals surface area contributed by atoms with Gasteiger partial charge in [0.05, 0.1) is 6.17 Å². The first-order chi connectivity index (χ1) is 10.9. The molecular weight excluding hydrogens is 292 g/mol. The lowest BCUT2D eigenvalue weighted by molar-refractivity contribution is 0.101. The summed E-state index contributed by atoms with van der Waals surface area (Å²) in [6.07, 6.45) is 7.47. The molecule has 2 unspecified atom stereocenters. The molecule has 2 aliphatic rings. The Morgan fingerprint density at radius 1 is 1.32 bits per heavy atom. The third kappa shape index (κ3) is 2.44. The van der Waals surface area contributed by atoms with Crippen molar-refractivity contribution in [1.29, 1.82) is 0 Å². The van der Waals surface area contributed by atoms with Crippen LogP contribution < -0.4 is 0 Å². The molecule has 22 heavy (non-hydrogen) atoms. The van der Waals surface area contributed by atoms with Crippen LogP contribution in [0, 0.1) is 0 Å². The fourth-order valence-electron chi connectivity index (χ4n) is 3.90. The second-order valence-corrected chi connectivity index (χ2v) is 7.50. The fourth-order valence-corrected chi connectivity index (χ4v) is 5.12. The zero-order chi connectivity index (χ0) is 14.9. The summed E-state index contributed by atoms with van der Waals surface area (Å²) in [6.45, 7) is 4.58. The first-order valence-corrected chi connectivity index (χ1v) is 9.68. The minimum atomic E-state index is 0.444. The zero-order valence-corrected chi connectivity index (χ0v) is 14.1. The summed E-state index contributed by atoms with van der Waals surface area (Å²) < 4.78 is 2.48. The van der Waals surface area contributed by atoms with Crippen LogP contribution in [-0.2, 0) is 0 Å². The van der Waals surface area contributed by atoms with Crippen LogP contribution in [0.3, 0.4) is 0 Å². The van der Waals surface area contributed by atoms with Gasteiger partial charge in [-0.15, -0.1) is 0 Å². The van der Waals surface area contributed by atoms with Crippen LogP contribution in [0.15, 0.2) is 18.3 Å². The van der Waals surface area contributed by atoms with Crippen molar-refractivity contribution in [3.63, 3.8) is 0 Å². The van der Waals surface area contributed by atoms with Crippen molar-refractivity contribution in [2.75, 3.05) is 24.6 Å². The van der Waals surface area contributed by atoms with E-state index in [2.05, 4.69) is 39.2 Å². The number of imidazole rings is 1. The van der Waals surface area contributed by atoms with Crippen LogP contribution in [0.5, 0.6) is 0 Å². The lowest BCUT2D eigenvalue weighted by Gasteiger charge is -2.37. The Morgan fingerprint density at radius 2 is 2.27 bits per heavy atom. The predicted octanol–water partition coefficient (Wildman–Crippen LogP) is 3.66. The van der Waals surface area contributed by atoms with Crippen molar-refractivity contribution >= 4 is 22.9 Å². The van der Waals surface area contributed by atoms with Gasteiger partial charge in [0.15, 0.2) is 5.65 Å². The Balaban J connectivity index is 1.84. The molecular formula is C17H24N4S. The number of piperidine rings is 1. The van der Waals surface area contributed by atoms with Crippen molar-refractivity contribution < 1.29 is 0 Å². The Labute approximate surface area is 136 Å². The highest BCUT2D eigenvalue weighted by Crippen LogP contribution is 2.37. The van der Waals surface area contributed by atoms with Gasteiger partial charge in [0.1, 0.15) is 11.3 Å². The summed E-state index contributed by atoms with van der Waals surface area (Å²) in [5, 5.41) is 0. The highest BCUT2D eigenvalue weighted by Gasteiger charge is 2.31. The molecule has 4 nitrogen and oxygen atoms in total. The normalized spacial score (nSPS) is 26.8. The maximum atomic E-state index is 5.00. The van der Waals surface area contributed by atoms with Gasteiger partial charge in [-0.1, -0.05) is 6.92 Å². The molecule has 0 bridgehead atoms. The number of pyridine rings is 1. The lowest BCUT2D eigenvalue weighted by atomic mass is 10.1. The van der Waals surface area contributed by atoms with Gasteiger partial charge in [0.2, 0.25) is 0 Å². The van der Waals surface area contributed by atoms with Crippen LogP contribution in [0.4, 0.5) is 0 Å². The highest BCUT2D eigenvalue weighted by atomic mass is 32.2. The van der Waals surface area contributed by atoms with E-state index in [-0.39, 0.29) is 0 Å². The van der Waals surface area contributed by atoms with Crippen molar-refractivity contribution in [3.8, 4) is 0 Å². The van der Waals surface area contributed by atoms with Crippen LogP contribution in [0.1, 0.15) is 50.5 Å². The molecule has 2 atom stereocenters. The summed E-state index contributed by atoms with van der Waals surface area (Å²) in [4.78, 5) is 12.3. The van der Waals surface area contributed by atoms with Gasteiger partial charge in [0, 0.05) is 24.4 Å². The molecule has 0 aromatic carbocycles. The minimum absolute atomic E-state index is 0.444. The van der Waals surface area contributed by atoms with Crippen molar-refractivity contribution in [2.24, 2.45) is 0 Å². The quantitative estimate of drug-likeness (QED) is 0.865. The van der Waals surface area contributed by atoms with Gasteiger partial charge in [0.25, 0.3) is 0 Å². The fraction of sp³-hybridized carbons (Fsp3) is 0.647. The molecule has 2 saturated heterocycles. The Morgan fingerprint density at radius 3 is 3.09 bits per heavy atom. The van der Waals surface area contributed by atoms with Crippen molar-refractivity contribution in [1.82, 2.24) is 19.4 Å². The van der Waals surface area contributed by atoms with Gasteiger partial charge < -0.3 is 0 Å². The topological polar surface area (TPSA) is 34.0 Å². The number of likely N-dealkylation sites (tertiary alicyclic amines) is 1. The number of nitrogens with zero attached hydrogens (tertiary/aromatic N) is 4. The molecule has 5 heteroatoms. The summed E-state index contributed by atoms with van der Waals surface area (Å²) in [5.41, 5.74) is 2.15. The molecule has 2 aliphatic heterocycles. The number of thioether (sulfide) groups is 1. The van der Waals surface area contributed by atoms with Crippen molar-refractivity contribution in [3.05, 3.63) is 24.2 Å². The third-order valence-corrected chi connectivity index (χ3v) is 6.22. The number of hydrogen-bond acceptors (Lipinski definition) is 4. The first kappa shape index (κ1) is 14.5. The van der Waals surface area contributed by atoms with Crippen LogP contribution in [0.25, 0.3) is 11.2 Å².